The molecular weight excluding hydrogens is 226 g/mol. The van der Waals surface area contributed by atoms with Crippen LogP contribution < -0.4 is 5.32 Å². The maximum absolute atomic E-state index is 3.74. The third-order valence-corrected chi connectivity index (χ3v) is 5.55. The lowest BCUT2D eigenvalue weighted by molar-refractivity contribution is 0.396. The Bertz CT molecular complexity index is 178. The van der Waals surface area contributed by atoms with Crippen molar-refractivity contribution >= 4 is 11.8 Å². The lowest BCUT2D eigenvalue weighted by Gasteiger charge is -2.27. The molecule has 0 spiro atoms. The van der Waals surface area contributed by atoms with Gasteiger partial charge in [-0.25, -0.2) is 0 Å². The topological polar surface area (TPSA) is 12.0 Å². The Morgan fingerprint density at radius 3 is 2.47 bits per heavy atom. The standard InChI is InChI=1S/C15H31NS/c1-4-11-16-15(13(3)5-2)12-17-14-9-7-6-8-10-14/h13-16H,4-12H2,1-3H3. The van der Waals surface area contributed by atoms with E-state index in [2.05, 4.69) is 37.8 Å². The Kier molecular flexibility index (Phi) is 8.38. The van der Waals surface area contributed by atoms with Gasteiger partial charge in [-0.05, 0) is 31.7 Å². The minimum atomic E-state index is 0.729. The highest BCUT2D eigenvalue weighted by atomic mass is 32.2. The van der Waals surface area contributed by atoms with Gasteiger partial charge in [0.2, 0.25) is 0 Å². The van der Waals surface area contributed by atoms with E-state index in [0.29, 0.717) is 0 Å². The van der Waals surface area contributed by atoms with Crippen LogP contribution in [0.15, 0.2) is 0 Å². The number of hydrogen-bond donors (Lipinski definition) is 1. The van der Waals surface area contributed by atoms with Crippen molar-refractivity contribution in [3.05, 3.63) is 0 Å². The van der Waals surface area contributed by atoms with Gasteiger partial charge in [0.25, 0.3) is 0 Å². The van der Waals surface area contributed by atoms with E-state index in [9.17, 15) is 0 Å². The molecule has 1 aliphatic carbocycles. The highest BCUT2D eigenvalue weighted by Crippen LogP contribution is 2.29. The van der Waals surface area contributed by atoms with Gasteiger partial charge in [-0.1, -0.05) is 46.5 Å². The van der Waals surface area contributed by atoms with Gasteiger partial charge in [-0.2, -0.15) is 11.8 Å². The minimum absolute atomic E-state index is 0.729. The summed E-state index contributed by atoms with van der Waals surface area (Å²) >= 11 is 2.24. The second kappa shape index (κ2) is 9.27. The molecule has 1 fully saturated rings. The van der Waals surface area contributed by atoms with E-state index in [-0.39, 0.29) is 0 Å². The maximum Gasteiger partial charge on any atom is 0.0183 e. The lowest BCUT2D eigenvalue weighted by Crippen LogP contribution is -2.38. The average molecular weight is 257 g/mol. The molecular formula is C15H31NS. The summed E-state index contributed by atoms with van der Waals surface area (Å²) < 4.78 is 0. The molecule has 0 aliphatic heterocycles. The van der Waals surface area contributed by atoms with Crippen molar-refractivity contribution < 1.29 is 0 Å². The van der Waals surface area contributed by atoms with Crippen LogP contribution >= 0.6 is 11.8 Å². The quantitative estimate of drug-likeness (QED) is 0.688. The van der Waals surface area contributed by atoms with Crippen LogP contribution in [0.1, 0.15) is 65.7 Å². The van der Waals surface area contributed by atoms with Crippen LogP contribution in [-0.2, 0) is 0 Å². The highest BCUT2D eigenvalue weighted by Gasteiger charge is 2.19. The van der Waals surface area contributed by atoms with Crippen molar-refractivity contribution in [3.8, 4) is 0 Å². The summed E-state index contributed by atoms with van der Waals surface area (Å²) in [7, 11) is 0. The Morgan fingerprint density at radius 2 is 1.88 bits per heavy atom. The Labute approximate surface area is 113 Å². The molecule has 1 nitrogen and oxygen atoms in total. The van der Waals surface area contributed by atoms with E-state index >= 15 is 0 Å². The molecule has 0 aromatic rings. The molecule has 1 rings (SSSR count). The van der Waals surface area contributed by atoms with Crippen LogP contribution in [-0.4, -0.2) is 23.6 Å². The molecule has 1 aliphatic rings. The summed E-state index contributed by atoms with van der Waals surface area (Å²) in [5.74, 6) is 2.14. The van der Waals surface area contributed by atoms with Crippen molar-refractivity contribution in [3.63, 3.8) is 0 Å². The van der Waals surface area contributed by atoms with E-state index in [1.54, 1.807) is 0 Å². The van der Waals surface area contributed by atoms with Gasteiger partial charge in [0, 0.05) is 17.0 Å². The molecule has 0 aromatic heterocycles. The van der Waals surface area contributed by atoms with Crippen molar-refractivity contribution in [2.75, 3.05) is 12.3 Å². The van der Waals surface area contributed by atoms with E-state index in [0.717, 1.165) is 17.2 Å². The van der Waals surface area contributed by atoms with Gasteiger partial charge in [0.1, 0.15) is 0 Å². The summed E-state index contributed by atoms with van der Waals surface area (Å²) in [6.45, 7) is 8.15. The van der Waals surface area contributed by atoms with Gasteiger partial charge < -0.3 is 5.32 Å². The van der Waals surface area contributed by atoms with Crippen molar-refractivity contribution in [2.24, 2.45) is 5.92 Å². The summed E-state index contributed by atoms with van der Waals surface area (Å²) in [6, 6.07) is 0.729. The molecule has 1 saturated carbocycles. The van der Waals surface area contributed by atoms with Gasteiger partial charge in [0.15, 0.2) is 0 Å². The van der Waals surface area contributed by atoms with E-state index in [1.807, 2.05) is 0 Å². The van der Waals surface area contributed by atoms with Crippen LogP contribution in [0.4, 0.5) is 0 Å². The van der Waals surface area contributed by atoms with Crippen LogP contribution in [0.25, 0.3) is 0 Å². The van der Waals surface area contributed by atoms with Crippen molar-refractivity contribution in [1.29, 1.82) is 0 Å². The predicted molar refractivity (Wildman–Crippen MR) is 80.9 cm³/mol. The summed E-state index contributed by atoms with van der Waals surface area (Å²) in [5, 5.41) is 4.70. The Morgan fingerprint density at radius 1 is 1.18 bits per heavy atom. The first-order valence-corrected chi connectivity index (χ1v) is 8.67. The molecule has 102 valence electrons. The SMILES string of the molecule is CCCNC(CSC1CCCCC1)C(C)CC. The van der Waals surface area contributed by atoms with E-state index < -0.39 is 0 Å². The summed E-state index contributed by atoms with van der Waals surface area (Å²) in [5.41, 5.74) is 0. The van der Waals surface area contributed by atoms with E-state index in [4.69, 9.17) is 0 Å². The maximum atomic E-state index is 3.74. The van der Waals surface area contributed by atoms with Crippen molar-refractivity contribution in [2.45, 2.75) is 77.0 Å². The summed E-state index contributed by atoms with van der Waals surface area (Å²) in [6.07, 6.45) is 9.88. The lowest BCUT2D eigenvalue weighted by atomic mass is 10.0. The molecule has 2 unspecified atom stereocenters. The fourth-order valence-electron chi connectivity index (χ4n) is 2.51. The smallest absolute Gasteiger partial charge is 0.0183 e. The van der Waals surface area contributed by atoms with Crippen molar-refractivity contribution in [1.82, 2.24) is 5.32 Å². The normalized spacial score (nSPS) is 21.4. The molecule has 1 N–H and O–H groups in total. The first kappa shape index (κ1) is 15.4. The van der Waals surface area contributed by atoms with E-state index in [1.165, 1.54) is 57.2 Å². The second-order valence-electron chi connectivity index (χ2n) is 5.54. The largest absolute Gasteiger partial charge is 0.313 e. The third kappa shape index (κ3) is 6.15. The molecule has 17 heavy (non-hydrogen) atoms. The zero-order valence-corrected chi connectivity index (χ0v) is 12.8. The molecule has 0 saturated heterocycles. The zero-order chi connectivity index (χ0) is 12.5. The Hall–Kier alpha value is 0.310. The number of thioether (sulfide) groups is 1. The monoisotopic (exact) mass is 257 g/mol. The van der Waals surface area contributed by atoms with Crippen LogP contribution in [0.5, 0.6) is 0 Å². The molecule has 2 atom stereocenters. The molecule has 0 amide bonds. The first-order valence-electron chi connectivity index (χ1n) is 7.62. The number of nitrogens with one attached hydrogen (secondary N) is 1. The van der Waals surface area contributed by atoms with Gasteiger partial charge in [0.05, 0.1) is 0 Å². The molecule has 0 heterocycles. The fraction of sp³-hybridized carbons (Fsp3) is 1.00. The minimum Gasteiger partial charge on any atom is -0.313 e. The molecule has 0 radical (unpaired) electrons. The number of rotatable bonds is 8. The first-order chi connectivity index (χ1) is 8.27. The predicted octanol–water partition coefficient (Wildman–Crippen LogP) is 4.47. The molecule has 0 bridgehead atoms. The van der Waals surface area contributed by atoms with Gasteiger partial charge >= 0.3 is 0 Å². The van der Waals surface area contributed by atoms with Crippen LogP contribution in [0.3, 0.4) is 0 Å². The highest BCUT2D eigenvalue weighted by molar-refractivity contribution is 7.99. The third-order valence-electron chi connectivity index (χ3n) is 4.05. The number of hydrogen-bond acceptors (Lipinski definition) is 2. The fourth-order valence-corrected chi connectivity index (χ4v) is 4.10. The second-order valence-corrected chi connectivity index (χ2v) is 6.87. The summed E-state index contributed by atoms with van der Waals surface area (Å²) in [4.78, 5) is 0. The van der Waals surface area contributed by atoms with Crippen LogP contribution in [0, 0.1) is 5.92 Å². The van der Waals surface area contributed by atoms with Crippen LogP contribution in [0.2, 0.25) is 0 Å². The van der Waals surface area contributed by atoms with Gasteiger partial charge in [-0.3, -0.25) is 0 Å². The average Bonchev–Trinajstić information content (AvgIpc) is 2.39. The molecule has 0 aromatic carbocycles. The molecule has 2 heteroatoms. The zero-order valence-electron chi connectivity index (χ0n) is 12.0. The van der Waals surface area contributed by atoms with Gasteiger partial charge in [-0.15, -0.1) is 0 Å². The Balaban J connectivity index is 2.26.